The molecule has 2 atom stereocenters. The number of carbonyl (C=O) groups excluding carboxylic acids is 1. The van der Waals surface area contributed by atoms with Crippen LogP contribution in [0.1, 0.15) is 46.8 Å². The second kappa shape index (κ2) is 6.75. The summed E-state index contributed by atoms with van der Waals surface area (Å²) in [6.45, 7) is 6.21. The van der Waals surface area contributed by atoms with Crippen LogP contribution in [-0.4, -0.2) is 44.7 Å². The molecule has 1 aromatic carbocycles. The van der Waals surface area contributed by atoms with E-state index in [1.54, 1.807) is 0 Å². The van der Waals surface area contributed by atoms with Crippen molar-refractivity contribution < 1.29 is 4.79 Å². The van der Waals surface area contributed by atoms with Crippen LogP contribution < -0.4 is 5.32 Å². The molecule has 3 heterocycles. The van der Waals surface area contributed by atoms with Gasteiger partial charge in [-0.3, -0.25) is 9.69 Å². The minimum absolute atomic E-state index is 0.0495. The molecule has 0 bridgehead atoms. The van der Waals surface area contributed by atoms with E-state index in [4.69, 9.17) is 0 Å². The van der Waals surface area contributed by atoms with Gasteiger partial charge in [0, 0.05) is 38.6 Å². The molecule has 27 heavy (non-hydrogen) atoms. The van der Waals surface area contributed by atoms with E-state index in [2.05, 4.69) is 56.2 Å². The average molecular weight is 365 g/mol. The highest BCUT2D eigenvalue weighted by Gasteiger charge is 2.39. The number of benzene rings is 1. The second-order valence-corrected chi connectivity index (χ2v) is 8.56. The molecule has 0 unspecified atom stereocenters. The number of likely N-dealkylation sites (tertiary alicyclic amines) is 1. The van der Waals surface area contributed by atoms with E-state index >= 15 is 0 Å². The number of aromatic nitrogens is 3. The maximum Gasteiger partial charge on any atom is 0.289 e. The van der Waals surface area contributed by atoms with E-state index in [0.717, 1.165) is 51.3 Å². The van der Waals surface area contributed by atoms with Gasteiger partial charge < -0.3 is 9.88 Å². The summed E-state index contributed by atoms with van der Waals surface area (Å²) in [6, 6.07) is 9.11. The third-order valence-corrected chi connectivity index (χ3v) is 6.47. The predicted octanol–water partition coefficient (Wildman–Crippen LogP) is 2.17. The number of carbonyl (C=O) groups is 1. The van der Waals surface area contributed by atoms with Crippen molar-refractivity contribution in [1.82, 2.24) is 25.0 Å². The molecule has 1 aliphatic carbocycles. The summed E-state index contributed by atoms with van der Waals surface area (Å²) in [5, 5.41) is 11.7. The summed E-state index contributed by atoms with van der Waals surface area (Å²) in [5.74, 6) is 2.63. The van der Waals surface area contributed by atoms with Gasteiger partial charge in [0.2, 0.25) is 5.82 Å². The topological polar surface area (TPSA) is 63.1 Å². The van der Waals surface area contributed by atoms with Crippen LogP contribution in [0.25, 0.3) is 0 Å². The fourth-order valence-electron chi connectivity index (χ4n) is 4.79. The quantitative estimate of drug-likeness (QED) is 0.902. The van der Waals surface area contributed by atoms with Crippen molar-refractivity contribution in [1.29, 1.82) is 0 Å². The van der Waals surface area contributed by atoms with Crippen LogP contribution >= 0.6 is 0 Å². The number of aryl methyl sites for hydroxylation is 1. The number of fused-ring (bicyclic) bond motifs is 2. The first-order chi connectivity index (χ1) is 13.2. The van der Waals surface area contributed by atoms with Crippen LogP contribution in [0.4, 0.5) is 0 Å². The molecule has 1 saturated heterocycles. The number of hydrogen-bond donors (Lipinski definition) is 1. The van der Waals surface area contributed by atoms with Crippen LogP contribution in [0.5, 0.6) is 0 Å². The minimum atomic E-state index is -0.0495. The van der Waals surface area contributed by atoms with E-state index in [-0.39, 0.29) is 5.91 Å². The first-order valence-electron chi connectivity index (χ1n) is 10.2. The molecule has 6 nitrogen and oxygen atoms in total. The van der Waals surface area contributed by atoms with Gasteiger partial charge in [0.05, 0.1) is 0 Å². The first kappa shape index (κ1) is 16.9. The Morgan fingerprint density at radius 1 is 1.19 bits per heavy atom. The fraction of sp³-hybridized carbons (Fsp3) is 0.571. The van der Waals surface area contributed by atoms with Gasteiger partial charge in [-0.05, 0) is 43.6 Å². The van der Waals surface area contributed by atoms with Gasteiger partial charge in [0.15, 0.2) is 0 Å². The second-order valence-electron chi connectivity index (χ2n) is 8.56. The van der Waals surface area contributed by atoms with E-state index in [1.165, 1.54) is 17.5 Å². The number of nitrogens with zero attached hydrogens (tertiary/aromatic N) is 4. The summed E-state index contributed by atoms with van der Waals surface area (Å²) in [4.78, 5) is 15.1. The van der Waals surface area contributed by atoms with E-state index < -0.39 is 0 Å². The highest BCUT2D eigenvalue weighted by atomic mass is 16.2. The molecule has 2 aliphatic heterocycles. The van der Waals surface area contributed by atoms with Crippen molar-refractivity contribution in [2.24, 2.45) is 11.8 Å². The molecule has 6 heteroatoms. The Balaban J connectivity index is 1.26. The van der Waals surface area contributed by atoms with Gasteiger partial charge >= 0.3 is 0 Å². The van der Waals surface area contributed by atoms with Crippen LogP contribution in [0, 0.1) is 18.8 Å². The van der Waals surface area contributed by atoms with Crippen LogP contribution in [-0.2, 0) is 19.5 Å². The third kappa shape index (κ3) is 3.27. The molecule has 1 saturated carbocycles. The SMILES string of the molecule is Cc1cccc(CN2C[C@H]3Cc4nnc(C(=O)NC5CCC5)n4C[C@H]3C2)c1. The molecule has 0 radical (unpaired) electrons. The molecule has 1 amide bonds. The largest absolute Gasteiger partial charge is 0.347 e. The molecular formula is C21H27N5O. The Labute approximate surface area is 160 Å². The Hall–Kier alpha value is -2.21. The van der Waals surface area contributed by atoms with Gasteiger partial charge in [-0.1, -0.05) is 29.8 Å². The Morgan fingerprint density at radius 3 is 2.81 bits per heavy atom. The lowest BCUT2D eigenvalue weighted by Gasteiger charge is -2.28. The molecule has 142 valence electrons. The highest BCUT2D eigenvalue weighted by Crippen LogP contribution is 2.33. The lowest BCUT2D eigenvalue weighted by atomic mass is 9.89. The van der Waals surface area contributed by atoms with Crippen molar-refractivity contribution >= 4 is 5.91 Å². The maximum atomic E-state index is 12.6. The van der Waals surface area contributed by atoms with E-state index in [1.807, 2.05) is 0 Å². The van der Waals surface area contributed by atoms with E-state index in [0.29, 0.717) is 23.7 Å². The summed E-state index contributed by atoms with van der Waals surface area (Å²) < 4.78 is 2.07. The third-order valence-electron chi connectivity index (χ3n) is 6.47. The van der Waals surface area contributed by atoms with Crippen molar-refractivity contribution in [3.05, 3.63) is 47.0 Å². The van der Waals surface area contributed by atoms with Crippen molar-refractivity contribution in [2.75, 3.05) is 13.1 Å². The lowest BCUT2D eigenvalue weighted by molar-refractivity contribution is 0.0898. The molecule has 1 aromatic heterocycles. The highest BCUT2D eigenvalue weighted by molar-refractivity contribution is 5.91. The summed E-state index contributed by atoms with van der Waals surface area (Å²) in [5.41, 5.74) is 2.70. The predicted molar refractivity (Wildman–Crippen MR) is 102 cm³/mol. The van der Waals surface area contributed by atoms with Gasteiger partial charge in [-0.25, -0.2) is 0 Å². The first-order valence-corrected chi connectivity index (χ1v) is 10.2. The number of rotatable bonds is 4. The summed E-state index contributed by atoms with van der Waals surface area (Å²) >= 11 is 0. The summed E-state index contributed by atoms with van der Waals surface area (Å²) in [7, 11) is 0. The van der Waals surface area contributed by atoms with Crippen LogP contribution in [0.2, 0.25) is 0 Å². The fourth-order valence-corrected chi connectivity index (χ4v) is 4.79. The smallest absolute Gasteiger partial charge is 0.289 e. The minimum Gasteiger partial charge on any atom is -0.347 e. The zero-order valence-corrected chi connectivity index (χ0v) is 15.9. The molecule has 5 rings (SSSR count). The number of amides is 1. The number of nitrogens with one attached hydrogen (secondary N) is 1. The summed E-state index contributed by atoms with van der Waals surface area (Å²) in [6.07, 6.45) is 4.32. The van der Waals surface area contributed by atoms with Gasteiger partial charge in [-0.15, -0.1) is 10.2 Å². The standard InChI is InChI=1S/C21H27N5O/c1-14-4-2-5-15(8-14)10-25-11-16-9-19-23-24-20(26(19)13-17(16)12-25)21(27)22-18-6-3-7-18/h2,4-5,8,16-18H,3,6-7,9-13H2,1H3,(H,22,27)/t16-,17-/m1/s1. The Morgan fingerprint density at radius 2 is 2.04 bits per heavy atom. The van der Waals surface area contributed by atoms with Crippen LogP contribution in [0.3, 0.4) is 0 Å². The lowest BCUT2D eigenvalue weighted by Crippen LogP contribution is -2.41. The molecule has 0 spiro atoms. The van der Waals surface area contributed by atoms with Crippen LogP contribution in [0.15, 0.2) is 24.3 Å². The van der Waals surface area contributed by atoms with Crippen molar-refractivity contribution in [2.45, 2.75) is 51.7 Å². The molecule has 2 fully saturated rings. The Kier molecular flexibility index (Phi) is 4.23. The zero-order valence-electron chi connectivity index (χ0n) is 15.9. The van der Waals surface area contributed by atoms with E-state index in [9.17, 15) is 4.79 Å². The maximum absolute atomic E-state index is 12.6. The molecule has 1 N–H and O–H groups in total. The van der Waals surface area contributed by atoms with Gasteiger partial charge in [0.25, 0.3) is 5.91 Å². The Bertz CT molecular complexity index is 856. The molecule has 3 aliphatic rings. The normalized spacial score (nSPS) is 24.9. The zero-order chi connectivity index (χ0) is 18.4. The van der Waals surface area contributed by atoms with Gasteiger partial charge in [-0.2, -0.15) is 0 Å². The van der Waals surface area contributed by atoms with Crippen molar-refractivity contribution in [3.8, 4) is 0 Å². The molecular weight excluding hydrogens is 338 g/mol. The number of hydrogen-bond acceptors (Lipinski definition) is 4. The monoisotopic (exact) mass is 365 g/mol. The molecule has 2 aromatic rings. The van der Waals surface area contributed by atoms with Gasteiger partial charge in [0.1, 0.15) is 5.82 Å². The van der Waals surface area contributed by atoms with Crippen molar-refractivity contribution in [3.63, 3.8) is 0 Å². The average Bonchev–Trinajstić information content (AvgIpc) is 3.18.